The fourth-order valence-electron chi connectivity index (χ4n) is 1.68. The fraction of sp³-hybridized carbons (Fsp3) is 1.00. The summed E-state index contributed by atoms with van der Waals surface area (Å²) in [5.74, 6) is 0.875. The Morgan fingerprint density at radius 2 is 2.00 bits per heavy atom. The van der Waals surface area contributed by atoms with Crippen LogP contribution in [0.2, 0.25) is 0 Å². The molecule has 1 nitrogen and oxygen atoms in total. The van der Waals surface area contributed by atoms with Crippen LogP contribution >= 0.6 is 0 Å². The predicted octanol–water partition coefficient (Wildman–Crippen LogP) is 2.99. The van der Waals surface area contributed by atoms with E-state index in [2.05, 4.69) is 13.8 Å². The van der Waals surface area contributed by atoms with Gasteiger partial charge in [-0.1, -0.05) is 33.1 Å². The molecular formula is C10H20O. The highest BCUT2D eigenvalue weighted by molar-refractivity contribution is 4.78. The molecule has 0 radical (unpaired) electrons. The zero-order chi connectivity index (χ0) is 8.10. The van der Waals surface area contributed by atoms with Crippen molar-refractivity contribution >= 4 is 0 Å². The average Bonchev–Trinajstić information content (AvgIpc) is 2.80. The molecule has 2 unspecified atom stereocenters. The van der Waals surface area contributed by atoms with Crippen LogP contribution < -0.4 is 0 Å². The van der Waals surface area contributed by atoms with Gasteiger partial charge in [0.05, 0.1) is 12.7 Å². The lowest BCUT2D eigenvalue weighted by Gasteiger charge is -2.11. The topological polar surface area (TPSA) is 12.5 Å². The first-order valence-electron chi connectivity index (χ1n) is 5.00. The maximum absolute atomic E-state index is 5.32. The number of unbranched alkanes of at least 4 members (excludes halogenated alkanes) is 1. The molecule has 2 atom stereocenters. The van der Waals surface area contributed by atoms with E-state index in [0.717, 1.165) is 12.5 Å². The standard InChI is InChI=1S/C10H20O/c1-3-5-7-9(6-4-2)10-8-11-10/h9-10H,3-8H2,1-2H3. The summed E-state index contributed by atoms with van der Waals surface area (Å²) in [5.41, 5.74) is 0. The Labute approximate surface area is 70.1 Å². The van der Waals surface area contributed by atoms with Gasteiger partial charge in [-0.25, -0.2) is 0 Å². The molecule has 0 aromatic rings. The van der Waals surface area contributed by atoms with Gasteiger partial charge in [-0.05, 0) is 18.8 Å². The van der Waals surface area contributed by atoms with Crippen LogP contribution in [0.5, 0.6) is 0 Å². The Balaban J connectivity index is 2.10. The van der Waals surface area contributed by atoms with Gasteiger partial charge in [-0.3, -0.25) is 0 Å². The second-order valence-electron chi connectivity index (χ2n) is 3.56. The zero-order valence-electron chi connectivity index (χ0n) is 7.81. The van der Waals surface area contributed by atoms with Gasteiger partial charge in [0.15, 0.2) is 0 Å². The molecule has 1 aliphatic rings. The van der Waals surface area contributed by atoms with E-state index in [-0.39, 0.29) is 0 Å². The predicted molar refractivity (Wildman–Crippen MR) is 47.7 cm³/mol. The van der Waals surface area contributed by atoms with E-state index in [0.29, 0.717) is 6.10 Å². The quantitative estimate of drug-likeness (QED) is 0.538. The molecule has 66 valence electrons. The Bertz CT molecular complexity index is 97.0. The molecule has 0 N–H and O–H groups in total. The highest BCUT2D eigenvalue weighted by Gasteiger charge is 2.30. The molecule has 0 saturated carbocycles. The van der Waals surface area contributed by atoms with Gasteiger partial charge in [0, 0.05) is 0 Å². The van der Waals surface area contributed by atoms with Crippen LogP contribution in [0, 0.1) is 5.92 Å². The van der Waals surface area contributed by atoms with E-state index in [1.165, 1.54) is 32.1 Å². The summed E-state index contributed by atoms with van der Waals surface area (Å²) < 4.78 is 5.32. The van der Waals surface area contributed by atoms with Crippen LogP contribution in [0.4, 0.5) is 0 Å². The molecular weight excluding hydrogens is 136 g/mol. The lowest BCUT2D eigenvalue weighted by Crippen LogP contribution is -2.07. The Morgan fingerprint density at radius 3 is 2.45 bits per heavy atom. The molecule has 0 spiro atoms. The molecule has 1 rings (SSSR count). The maximum Gasteiger partial charge on any atom is 0.0838 e. The van der Waals surface area contributed by atoms with Gasteiger partial charge < -0.3 is 4.74 Å². The molecule has 1 fully saturated rings. The zero-order valence-corrected chi connectivity index (χ0v) is 7.81. The van der Waals surface area contributed by atoms with Crippen molar-refractivity contribution in [3.63, 3.8) is 0 Å². The van der Waals surface area contributed by atoms with Crippen molar-refractivity contribution < 1.29 is 4.74 Å². The van der Waals surface area contributed by atoms with Crippen molar-refractivity contribution in [3.05, 3.63) is 0 Å². The molecule has 1 saturated heterocycles. The first-order valence-corrected chi connectivity index (χ1v) is 5.00. The number of rotatable bonds is 6. The van der Waals surface area contributed by atoms with Gasteiger partial charge in [0.1, 0.15) is 0 Å². The summed E-state index contributed by atoms with van der Waals surface area (Å²) in [7, 11) is 0. The van der Waals surface area contributed by atoms with Gasteiger partial charge in [-0.15, -0.1) is 0 Å². The first-order chi connectivity index (χ1) is 5.38. The average molecular weight is 156 g/mol. The third-order valence-corrected chi connectivity index (χ3v) is 2.47. The molecule has 0 aromatic carbocycles. The maximum atomic E-state index is 5.32. The summed E-state index contributed by atoms with van der Waals surface area (Å²) >= 11 is 0. The smallest absolute Gasteiger partial charge is 0.0838 e. The minimum atomic E-state index is 0.640. The first kappa shape index (κ1) is 9.05. The van der Waals surface area contributed by atoms with Crippen molar-refractivity contribution in [3.8, 4) is 0 Å². The third kappa shape index (κ3) is 3.24. The van der Waals surface area contributed by atoms with Crippen molar-refractivity contribution in [1.82, 2.24) is 0 Å². The van der Waals surface area contributed by atoms with Crippen molar-refractivity contribution in [2.45, 2.75) is 52.1 Å². The molecule has 0 amide bonds. The number of hydrogen-bond acceptors (Lipinski definition) is 1. The molecule has 1 heteroatoms. The van der Waals surface area contributed by atoms with E-state index in [4.69, 9.17) is 4.74 Å². The molecule has 0 bridgehead atoms. The van der Waals surface area contributed by atoms with Gasteiger partial charge in [0.2, 0.25) is 0 Å². The molecule has 0 aromatic heterocycles. The molecule has 1 aliphatic heterocycles. The summed E-state index contributed by atoms with van der Waals surface area (Å²) in [6, 6.07) is 0. The Morgan fingerprint density at radius 1 is 1.27 bits per heavy atom. The molecule has 0 aliphatic carbocycles. The highest BCUT2D eigenvalue weighted by atomic mass is 16.6. The van der Waals surface area contributed by atoms with Crippen molar-refractivity contribution in [1.29, 1.82) is 0 Å². The van der Waals surface area contributed by atoms with Crippen LogP contribution in [0.15, 0.2) is 0 Å². The monoisotopic (exact) mass is 156 g/mol. The SMILES string of the molecule is CCCCC(CCC)C1CO1. The fourth-order valence-corrected chi connectivity index (χ4v) is 1.68. The van der Waals surface area contributed by atoms with E-state index in [1.54, 1.807) is 0 Å². The second kappa shape index (κ2) is 4.76. The van der Waals surface area contributed by atoms with Crippen LogP contribution in [0.3, 0.4) is 0 Å². The van der Waals surface area contributed by atoms with E-state index in [9.17, 15) is 0 Å². The van der Waals surface area contributed by atoms with Gasteiger partial charge in [-0.2, -0.15) is 0 Å². The molecule has 1 heterocycles. The Hall–Kier alpha value is -0.0400. The lowest BCUT2D eigenvalue weighted by atomic mass is 9.94. The second-order valence-corrected chi connectivity index (χ2v) is 3.56. The van der Waals surface area contributed by atoms with Crippen LogP contribution in [-0.2, 0) is 4.74 Å². The van der Waals surface area contributed by atoms with Crippen LogP contribution in [0.25, 0.3) is 0 Å². The van der Waals surface area contributed by atoms with Crippen LogP contribution in [-0.4, -0.2) is 12.7 Å². The van der Waals surface area contributed by atoms with E-state index in [1.807, 2.05) is 0 Å². The summed E-state index contributed by atoms with van der Waals surface area (Å²) in [4.78, 5) is 0. The Kier molecular flexibility index (Phi) is 3.92. The molecule has 11 heavy (non-hydrogen) atoms. The van der Waals surface area contributed by atoms with E-state index < -0.39 is 0 Å². The number of ether oxygens (including phenoxy) is 1. The third-order valence-electron chi connectivity index (χ3n) is 2.47. The summed E-state index contributed by atoms with van der Waals surface area (Å²) in [5, 5.41) is 0. The number of hydrogen-bond donors (Lipinski definition) is 0. The van der Waals surface area contributed by atoms with Crippen LogP contribution in [0.1, 0.15) is 46.0 Å². The van der Waals surface area contributed by atoms with Gasteiger partial charge in [0.25, 0.3) is 0 Å². The normalized spacial score (nSPS) is 25.1. The van der Waals surface area contributed by atoms with Gasteiger partial charge >= 0.3 is 0 Å². The van der Waals surface area contributed by atoms with E-state index >= 15 is 0 Å². The highest BCUT2D eigenvalue weighted by Crippen LogP contribution is 2.28. The summed E-state index contributed by atoms with van der Waals surface area (Å²) in [6.07, 6.45) is 7.41. The number of epoxide rings is 1. The minimum absolute atomic E-state index is 0.640. The van der Waals surface area contributed by atoms with Crippen molar-refractivity contribution in [2.75, 3.05) is 6.61 Å². The summed E-state index contributed by atoms with van der Waals surface area (Å²) in [6.45, 7) is 5.56. The minimum Gasteiger partial charge on any atom is -0.373 e. The lowest BCUT2D eigenvalue weighted by molar-refractivity contribution is 0.296. The largest absolute Gasteiger partial charge is 0.373 e. The van der Waals surface area contributed by atoms with Crippen molar-refractivity contribution in [2.24, 2.45) is 5.92 Å².